The number of carbonyl (C=O) groups is 2. The lowest BCUT2D eigenvalue weighted by Crippen LogP contribution is -2.30. The number of alkyl halides is 3. The minimum atomic E-state index is -4.47. The van der Waals surface area contributed by atoms with E-state index in [9.17, 15) is 31.2 Å². The summed E-state index contributed by atoms with van der Waals surface area (Å²) in [5, 5.41) is 4.96. The van der Waals surface area contributed by atoms with E-state index >= 15 is 0 Å². The average molecular weight is 443 g/mol. The van der Waals surface area contributed by atoms with Gasteiger partial charge in [0.2, 0.25) is 21.8 Å². The Morgan fingerprint density at radius 3 is 2.30 bits per heavy atom. The van der Waals surface area contributed by atoms with Crippen LogP contribution in [0.15, 0.2) is 53.4 Å². The molecule has 0 saturated carbocycles. The zero-order valence-corrected chi connectivity index (χ0v) is 16.7. The van der Waals surface area contributed by atoms with Crippen LogP contribution in [0.5, 0.6) is 0 Å². The Morgan fingerprint density at radius 2 is 1.70 bits per heavy atom. The van der Waals surface area contributed by atoms with Crippen LogP contribution in [0.25, 0.3) is 0 Å². The molecule has 0 aliphatic rings. The fraction of sp³-hybridized carbons (Fsp3) is 0.263. The van der Waals surface area contributed by atoms with E-state index in [4.69, 9.17) is 0 Å². The van der Waals surface area contributed by atoms with Crippen LogP contribution in [0, 0.1) is 0 Å². The maximum absolute atomic E-state index is 12.7. The van der Waals surface area contributed by atoms with Crippen molar-refractivity contribution < 1.29 is 31.2 Å². The quantitative estimate of drug-likeness (QED) is 0.583. The first-order valence-electron chi connectivity index (χ1n) is 8.77. The topological polar surface area (TPSA) is 104 Å². The molecule has 0 unspecified atom stereocenters. The summed E-state index contributed by atoms with van der Waals surface area (Å²) in [5.74, 6) is -0.809. The fourth-order valence-electron chi connectivity index (χ4n) is 2.45. The number of anilines is 1. The number of carbonyl (C=O) groups excluding carboxylic acids is 2. The summed E-state index contributed by atoms with van der Waals surface area (Å²) < 4.78 is 64.8. The highest BCUT2D eigenvalue weighted by Crippen LogP contribution is 2.29. The molecule has 0 saturated heterocycles. The Kier molecular flexibility index (Phi) is 7.57. The monoisotopic (exact) mass is 443 g/mol. The van der Waals surface area contributed by atoms with E-state index in [0.29, 0.717) is 5.69 Å². The normalized spacial score (nSPS) is 11.7. The van der Waals surface area contributed by atoms with Gasteiger partial charge >= 0.3 is 6.18 Å². The molecule has 2 aromatic carbocycles. The van der Waals surface area contributed by atoms with Crippen molar-refractivity contribution in [3.05, 3.63) is 59.7 Å². The molecule has 0 bridgehead atoms. The summed E-state index contributed by atoms with van der Waals surface area (Å²) in [5.41, 5.74) is -0.0973. The van der Waals surface area contributed by atoms with Crippen molar-refractivity contribution in [3.63, 3.8) is 0 Å². The van der Waals surface area contributed by atoms with E-state index in [2.05, 4.69) is 15.4 Å². The first kappa shape index (κ1) is 23.4. The van der Waals surface area contributed by atoms with Gasteiger partial charge in [0.1, 0.15) is 0 Å². The summed E-state index contributed by atoms with van der Waals surface area (Å²) in [6.45, 7) is 1.02. The number of halogens is 3. The van der Waals surface area contributed by atoms with Crippen molar-refractivity contribution in [2.75, 3.05) is 11.9 Å². The number of hydrogen-bond donors (Lipinski definition) is 3. The Hall–Kier alpha value is -2.92. The minimum absolute atomic E-state index is 0.0408. The molecule has 0 atom stereocenters. The second-order valence-electron chi connectivity index (χ2n) is 6.33. The molecular formula is C19H20F3N3O4S. The van der Waals surface area contributed by atoms with E-state index in [-0.39, 0.29) is 35.9 Å². The van der Waals surface area contributed by atoms with Crippen LogP contribution < -0.4 is 15.4 Å². The molecule has 0 spiro atoms. The van der Waals surface area contributed by atoms with Crippen molar-refractivity contribution in [2.24, 2.45) is 0 Å². The average Bonchev–Trinajstić information content (AvgIpc) is 2.66. The van der Waals surface area contributed by atoms with E-state index in [1.165, 1.54) is 43.3 Å². The number of hydrogen-bond acceptors (Lipinski definition) is 4. The summed E-state index contributed by atoms with van der Waals surface area (Å²) in [7, 11) is -3.86. The van der Waals surface area contributed by atoms with Gasteiger partial charge in [-0.25, -0.2) is 13.1 Å². The van der Waals surface area contributed by atoms with Crippen LogP contribution in [0.2, 0.25) is 0 Å². The zero-order valence-electron chi connectivity index (χ0n) is 15.9. The SMILES string of the molecule is CC(=O)Nc1ccc(S(=O)(=O)NCCC(=O)NCc2cccc(C(F)(F)F)c2)cc1. The van der Waals surface area contributed by atoms with Gasteiger partial charge in [-0.3, -0.25) is 9.59 Å². The number of rotatable bonds is 8. The molecule has 0 heterocycles. The number of nitrogens with one attached hydrogen (secondary N) is 3. The molecule has 2 aromatic rings. The standard InChI is InChI=1S/C19H20F3N3O4S/c1-13(26)25-16-5-7-17(8-6-16)30(28,29)24-10-9-18(27)23-12-14-3-2-4-15(11-14)19(20,21)22/h2-8,11,24H,9-10,12H2,1H3,(H,23,27)(H,25,26). The molecule has 11 heteroatoms. The first-order valence-corrected chi connectivity index (χ1v) is 10.3. The second-order valence-corrected chi connectivity index (χ2v) is 8.10. The van der Waals surface area contributed by atoms with Gasteiger partial charge in [-0.05, 0) is 42.0 Å². The van der Waals surface area contributed by atoms with Gasteiger partial charge in [-0.15, -0.1) is 0 Å². The number of benzene rings is 2. The molecule has 0 aromatic heterocycles. The second kappa shape index (κ2) is 9.72. The van der Waals surface area contributed by atoms with Crippen LogP contribution in [-0.2, 0) is 32.3 Å². The summed E-state index contributed by atoms with van der Waals surface area (Å²) >= 11 is 0. The predicted molar refractivity (Wildman–Crippen MR) is 104 cm³/mol. The lowest BCUT2D eigenvalue weighted by Gasteiger charge is -2.10. The number of sulfonamides is 1. The van der Waals surface area contributed by atoms with Crippen molar-refractivity contribution in [2.45, 2.75) is 31.0 Å². The number of amides is 2. The van der Waals surface area contributed by atoms with Gasteiger partial charge in [0.25, 0.3) is 0 Å². The summed E-state index contributed by atoms with van der Waals surface area (Å²) in [6, 6.07) is 10.0. The maximum Gasteiger partial charge on any atom is 0.416 e. The Morgan fingerprint density at radius 1 is 1.03 bits per heavy atom. The Bertz CT molecular complexity index is 1010. The highest BCUT2D eigenvalue weighted by Gasteiger charge is 2.30. The van der Waals surface area contributed by atoms with Crippen molar-refractivity contribution >= 4 is 27.5 Å². The molecule has 2 amide bonds. The molecule has 30 heavy (non-hydrogen) atoms. The van der Waals surface area contributed by atoms with Gasteiger partial charge in [0, 0.05) is 32.1 Å². The molecular weight excluding hydrogens is 423 g/mol. The van der Waals surface area contributed by atoms with Crippen LogP contribution in [-0.4, -0.2) is 26.8 Å². The molecule has 0 radical (unpaired) electrons. The lowest BCUT2D eigenvalue weighted by molar-refractivity contribution is -0.137. The molecule has 3 N–H and O–H groups in total. The Balaban J connectivity index is 1.83. The lowest BCUT2D eigenvalue weighted by atomic mass is 10.1. The van der Waals surface area contributed by atoms with Crippen molar-refractivity contribution in [1.82, 2.24) is 10.0 Å². The van der Waals surface area contributed by atoms with Crippen molar-refractivity contribution in [3.8, 4) is 0 Å². The van der Waals surface area contributed by atoms with Gasteiger partial charge in [0.15, 0.2) is 0 Å². The highest BCUT2D eigenvalue weighted by molar-refractivity contribution is 7.89. The van der Waals surface area contributed by atoms with Crippen molar-refractivity contribution in [1.29, 1.82) is 0 Å². The van der Waals surface area contributed by atoms with Gasteiger partial charge in [-0.2, -0.15) is 13.2 Å². The highest BCUT2D eigenvalue weighted by atomic mass is 32.2. The van der Waals surface area contributed by atoms with Crippen LogP contribution in [0.1, 0.15) is 24.5 Å². The van der Waals surface area contributed by atoms with E-state index in [1.807, 2.05) is 0 Å². The third-order valence-corrected chi connectivity index (χ3v) is 5.35. The molecule has 0 aliphatic carbocycles. The molecule has 0 fully saturated rings. The van der Waals surface area contributed by atoms with Gasteiger partial charge in [0.05, 0.1) is 10.5 Å². The van der Waals surface area contributed by atoms with Gasteiger partial charge < -0.3 is 10.6 Å². The summed E-state index contributed by atoms with van der Waals surface area (Å²) in [6.07, 6.45) is -4.67. The minimum Gasteiger partial charge on any atom is -0.352 e. The van der Waals surface area contributed by atoms with Crippen LogP contribution in [0.3, 0.4) is 0 Å². The third-order valence-electron chi connectivity index (χ3n) is 3.87. The zero-order chi connectivity index (χ0) is 22.4. The third kappa shape index (κ3) is 7.16. The largest absolute Gasteiger partial charge is 0.416 e. The fourth-order valence-corrected chi connectivity index (χ4v) is 3.48. The van der Waals surface area contributed by atoms with E-state index < -0.39 is 27.7 Å². The molecule has 7 nitrogen and oxygen atoms in total. The molecule has 162 valence electrons. The summed E-state index contributed by atoms with van der Waals surface area (Å²) in [4.78, 5) is 22.8. The van der Waals surface area contributed by atoms with Crippen LogP contribution in [0.4, 0.5) is 18.9 Å². The Labute approximate surface area is 171 Å². The van der Waals surface area contributed by atoms with Gasteiger partial charge in [-0.1, -0.05) is 12.1 Å². The molecule has 2 rings (SSSR count). The maximum atomic E-state index is 12.7. The van der Waals surface area contributed by atoms with E-state index in [1.54, 1.807) is 0 Å². The first-order chi connectivity index (χ1) is 14.0. The van der Waals surface area contributed by atoms with Crippen LogP contribution >= 0.6 is 0 Å². The smallest absolute Gasteiger partial charge is 0.352 e. The molecule has 0 aliphatic heterocycles. The van der Waals surface area contributed by atoms with E-state index in [0.717, 1.165) is 12.1 Å². The predicted octanol–water partition coefficient (Wildman–Crippen LogP) is 2.65.